The maximum absolute atomic E-state index is 12.3. The number of carbonyl (C=O) groups excluding carboxylic acids is 1. The van der Waals surface area contributed by atoms with Gasteiger partial charge in [-0.2, -0.15) is 5.10 Å². The monoisotopic (exact) mass is 308 g/mol. The summed E-state index contributed by atoms with van der Waals surface area (Å²) in [6.07, 6.45) is 0. The number of carbonyl (C=O) groups is 1. The number of hydrogen-bond acceptors (Lipinski definition) is 5. The molecular formula is C13H14N3O4S-. The van der Waals surface area contributed by atoms with Gasteiger partial charge in [-0.3, -0.25) is 9.40 Å². The molecule has 0 aliphatic rings. The summed E-state index contributed by atoms with van der Waals surface area (Å²) in [5.41, 5.74) is 1.58. The molecule has 0 saturated heterocycles. The number of aromatic carboxylic acids is 1. The van der Waals surface area contributed by atoms with Crippen molar-refractivity contribution in [2.45, 2.75) is 18.7 Å². The minimum atomic E-state index is -3.80. The fourth-order valence-electron chi connectivity index (χ4n) is 1.88. The SMILES string of the molecule is Cc1nn(C)c(C)c1NS(=O)(=O)c1ccc(C(=O)[O-])cc1. The highest BCUT2D eigenvalue weighted by atomic mass is 32.2. The highest BCUT2D eigenvalue weighted by molar-refractivity contribution is 7.92. The molecule has 112 valence electrons. The van der Waals surface area contributed by atoms with E-state index in [9.17, 15) is 18.3 Å². The molecule has 0 amide bonds. The molecular weight excluding hydrogens is 294 g/mol. The molecule has 1 heterocycles. The highest BCUT2D eigenvalue weighted by Crippen LogP contribution is 2.22. The van der Waals surface area contributed by atoms with E-state index < -0.39 is 16.0 Å². The van der Waals surface area contributed by atoms with Gasteiger partial charge in [0.25, 0.3) is 10.0 Å². The summed E-state index contributed by atoms with van der Waals surface area (Å²) < 4.78 is 28.6. The Morgan fingerprint density at radius 3 is 2.24 bits per heavy atom. The quantitative estimate of drug-likeness (QED) is 0.869. The first kappa shape index (κ1) is 15.0. The number of sulfonamides is 1. The Morgan fingerprint density at radius 2 is 1.81 bits per heavy atom. The lowest BCUT2D eigenvalue weighted by molar-refractivity contribution is -0.255. The number of nitrogens with one attached hydrogen (secondary N) is 1. The fourth-order valence-corrected chi connectivity index (χ4v) is 3.06. The first-order valence-corrected chi connectivity index (χ1v) is 7.55. The Balaban J connectivity index is 2.36. The number of carboxylic acids is 1. The van der Waals surface area contributed by atoms with Crippen LogP contribution in [0.25, 0.3) is 0 Å². The van der Waals surface area contributed by atoms with Crippen molar-refractivity contribution in [3.8, 4) is 0 Å². The molecule has 0 saturated carbocycles. The first-order valence-electron chi connectivity index (χ1n) is 6.07. The van der Waals surface area contributed by atoms with Crippen LogP contribution in [0.4, 0.5) is 5.69 Å². The van der Waals surface area contributed by atoms with Gasteiger partial charge in [0.1, 0.15) is 0 Å². The standard InChI is InChI=1S/C13H15N3O4S/c1-8-12(9(2)16(3)14-8)15-21(19,20)11-6-4-10(5-7-11)13(17)18/h4-7,15H,1-3H3,(H,17,18)/p-1. The number of aryl methyl sites for hydroxylation is 2. The molecule has 0 aliphatic heterocycles. The molecule has 7 nitrogen and oxygen atoms in total. The summed E-state index contributed by atoms with van der Waals surface area (Å²) in [6, 6.07) is 4.81. The molecule has 0 unspecified atom stereocenters. The van der Waals surface area contributed by atoms with Gasteiger partial charge < -0.3 is 9.90 Å². The van der Waals surface area contributed by atoms with Gasteiger partial charge in [-0.15, -0.1) is 0 Å². The second-order valence-electron chi connectivity index (χ2n) is 4.59. The van der Waals surface area contributed by atoms with Crippen molar-refractivity contribution in [3.05, 3.63) is 41.2 Å². The molecule has 8 heteroatoms. The van der Waals surface area contributed by atoms with Crippen molar-refractivity contribution >= 4 is 21.7 Å². The van der Waals surface area contributed by atoms with Crippen molar-refractivity contribution in [1.82, 2.24) is 9.78 Å². The Labute approximate surface area is 122 Å². The van der Waals surface area contributed by atoms with Gasteiger partial charge in [-0.25, -0.2) is 8.42 Å². The predicted molar refractivity (Wildman–Crippen MR) is 74.3 cm³/mol. The summed E-state index contributed by atoms with van der Waals surface area (Å²) in [7, 11) is -2.09. The average Bonchev–Trinajstić information content (AvgIpc) is 2.65. The number of benzene rings is 1. The van der Waals surface area contributed by atoms with Gasteiger partial charge in [-0.05, 0) is 31.5 Å². The van der Waals surface area contributed by atoms with Crippen molar-refractivity contribution in [2.75, 3.05) is 4.72 Å². The van der Waals surface area contributed by atoms with E-state index in [0.717, 1.165) is 0 Å². The van der Waals surface area contributed by atoms with E-state index in [1.54, 1.807) is 25.6 Å². The van der Waals surface area contributed by atoms with Crippen LogP contribution in [0.5, 0.6) is 0 Å². The normalized spacial score (nSPS) is 11.4. The summed E-state index contributed by atoms with van der Waals surface area (Å²) in [4.78, 5) is 10.6. The first-order chi connectivity index (χ1) is 9.72. The highest BCUT2D eigenvalue weighted by Gasteiger charge is 2.19. The Kier molecular flexibility index (Phi) is 3.73. The molecule has 2 aromatic rings. The van der Waals surface area contributed by atoms with Gasteiger partial charge >= 0.3 is 0 Å². The maximum atomic E-state index is 12.3. The van der Waals surface area contributed by atoms with Gasteiger partial charge in [0.15, 0.2) is 0 Å². The van der Waals surface area contributed by atoms with Gasteiger partial charge in [0.05, 0.1) is 27.9 Å². The van der Waals surface area contributed by atoms with E-state index in [1.807, 2.05) is 0 Å². The van der Waals surface area contributed by atoms with Crippen molar-refractivity contribution in [1.29, 1.82) is 0 Å². The number of nitrogens with zero attached hydrogens (tertiary/aromatic N) is 2. The van der Waals surface area contributed by atoms with E-state index in [-0.39, 0.29) is 10.5 Å². The lowest BCUT2D eigenvalue weighted by Gasteiger charge is -2.09. The zero-order chi connectivity index (χ0) is 15.8. The molecule has 0 bridgehead atoms. The van der Waals surface area contributed by atoms with Crippen LogP contribution in [0.3, 0.4) is 0 Å². The summed E-state index contributed by atoms with van der Waals surface area (Å²) in [5, 5.41) is 14.8. The zero-order valence-electron chi connectivity index (χ0n) is 11.7. The molecule has 2 rings (SSSR count). The second-order valence-corrected chi connectivity index (χ2v) is 6.27. The van der Waals surface area contributed by atoms with Crippen LogP contribution in [0.15, 0.2) is 29.2 Å². The molecule has 0 spiro atoms. The van der Waals surface area contributed by atoms with E-state index in [0.29, 0.717) is 17.1 Å². The number of rotatable bonds is 4. The third-order valence-electron chi connectivity index (χ3n) is 3.15. The molecule has 1 aromatic carbocycles. The van der Waals surface area contributed by atoms with Crippen LogP contribution >= 0.6 is 0 Å². The molecule has 0 atom stereocenters. The fraction of sp³-hybridized carbons (Fsp3) is 0.231. The van der Waals surface area contributed by atoms with E-state index in [4.69, 9.17) is 0 Å². The molecule has 1 N–H and O–H groups in total. The smallest absolute Gasteiger partial charge is 0.262 e. The van der Waals surface area contributed by atoms with Gasteiger partial charge in [-0.1, -0.05) is 12.1 Å². The third kappa shape index (κ3) is 2.89. The van der Waals surface area contributed by atoms with Gasteiger partial charge in [0, 0.05) is 7.05 Å². The summed E-state index contributed by atoms with van der Waals surface area (Å²) >= 11 is 0. The van der Waals surface area contributed by atoms with E-state index >= 15 is 0 Å². The van der Waals surface area contributed by atoms with Crippen LogP contribution in [0.1, 0.15) is 21.7 Å². The topological polar surface area (TPSA) is 104 Å². The lowest BCUT2D eigenvalue weighted by Crippen LogP contribution is -2.22. The molecule has 0 aliphatic carbocycles. The van der Waals surface area contributed by atoms with Crippen LogP contribution in [0, 0.1) is 13.8 Å². The minimum Gasteiger partial charge on any atom is -0.545 e. The van der Waals surface area contributed by atoms with Crippen LogP contribution < -0.4 is 9.83 Å². The summed E-state index contributed by atoms with van der Waals surface area (Å²) in [6.45, 7) is 3.45. The van der Waals surface area contributed by atoms with Crippen molar-refractivity contribution in [3.63, 3.8) is 0 Å². The van der Waals surface area contributed by atoms with E-state index in [1.165, 1.54) is 24.3 Å². The number of anilines is 1. The van der Waals surface area contributed by atoms with Crippen molar-refractivity contribution < 1.29 is 18.3 Å². The average molecular weight is 308 g/mol. The lowest BCUT2D eigenvalue weighted by atomic mass is 10.2. The Bertz CT molecular complexity index is 792. The molecule has 0 radical (unpaired) electrons. The predicted octanol–water partition coefficient (Wildman–Crippen LogP) is 0.201. The molecule has 0 fully saturated rings. The maximum Gasteiger partial charge on any atom is 0.262 e. The third-order valence-corrected chi connectivity index (χ3v) is 4.51. The Morgan fingerprint density at radius 1 is 1.24 bits per heavy atom. The summed E-state index contributed by atoms with van der Waals surface area (Å²) in [5.74, 6) is -1.36. The largest absolute Gasteiger partial charge is 0.545 e. The second kappa shape index (κ2) is 5.21. The minimum absolute atomic E-state index is 0.0323. The van der Waals surface area contributed by atoms with Crippen LogP contribution in [-0.2, 0) is 17.1 Å². The number of aromatic nitrogens is 2. The number of carboxylic acid groups (broad SMARTS) is 1. The van der Waals surface area contributed by atoms with Crippen molar-refractivity contribution in [2.24, 2.45) is 7.05 Å². The zero-order valence-corrected chi connectivity index (χ0v) is 12.6. The van der Waals surface area contributed by atoms with Crippen LogP contribution in [0.2, 0.25) is 0 Å². The van der Waals surface area contributed by atoms with Gasteiger partial charge in [0.2, 0.25) is 0 Å². The molecule has 1 aromatic heterocycles. The number of hydrogen-bond donors (Lipinski definition) is 1. The van der Waals surface area contributed by atoms with E-state index in [2.05, 4.69) is 9.82 Å². The van der Waals surface area contributed by atoms with Crippen LogP contribution in [-0.4, -0.2) is 24.2 Å². The molecule has 21 heavy (non-hydrogen) atoms. The Hall–Kier alpha value is -2.35.